The molecule has 0 bridgehead atoms. The number of fused-ring (bicyclic) bond motifs is 1. The molecule has 25 heavy (non-hydrogen) atoms. The van der Waals surface area contributed by atoms with Crippen LogP contribution in [0, 0.1) is 5.41 Å². The molecule has 2 aromatic heterocycles. The minimum atomic E-state index is 0.0150. The lowest BCUT2D eigenvalue weighted by molar-refractivity contribution is -0.122. The molecule has 0 unspecified atom stereocenters. The molecule has 1 N–H and O–H groups in total. The Morgan fingerprint density at radius 1 is 1.24 bits per heavy atom. The molecular formula is C20H28N4O. The van der Waals surface area contributed by atoms with Crippen LogP contribution in [0.2, 0.25) is 0 Å². The summed E-state index contributed by atoms with van der Waals surface area (Å²) in [6.07, 6.45) is 6.90. The normalized spacial score (nSPS) is 14.2. The number of carbonyl (C=O) groups is 1. The van der Waals surface area contributed by atoms with E-state index < -0.39 is 0 Å². The van der Waals surface area contributed by atoms with Gasteiger partial charge in [0.2, 0.25) is 5.91 Å². The first-order valence-corrected chi connectivity index (χ1v) is 9.21. The Kier molecular flexibility index (Phi) is 5.21. The molecule has 0 spiro atoms. The van der Waals surface area contributed by atoms with Gasteiger partial charge in [-0.1, -0.05) is 26.8 Å². The Labute approximate surface area is 149 Å². The van der Waals surface area contributed by atoms with Gasteiger partial charge in [0.05, 0.1) is 12.2 Å². The summed E-state index contributed by atoms with van der Waals surface area (Å²) in [5, 5.41) is 7.86. The van der Waals surface area contributed by atoms with Crippen molar-refractivity contribution in [3.8, 4) is 11.4 Å². The zero-order valence-electron chi connectivity index (χ0n) is 15.5. The number of aromatic nitrogens is 3. The summed E-state index contributed by atoms with van der Waals surface area (Å²) in [5.74, 6) is 0.110. The van der Waals surface area contributed by atoms with Gasteiger partial charge in [0.15, 0.2) is 0 Å². The van der Waals surface area contributed by atoms with Crippen LogP contribution in [-0.4, -0.2) is 27.2 Å². The molecule has 1 amide bonds. The molecule has 1 aliphatic carbocycles. The van der Waals surface area contributed by atoms with Crippen molar-refractivity contribution in [1.29, 1.82) is 0 Å². The van der Waals surface area contributed by atoms with Crippen molar-refractivity contribution in [2.75, 3.05) is 6.54 Å². The standard InChI is InChI=1S/C20H28N4O/c1-20(2,3)14-18(25)22-12-13-24-17-10-5-4-8-15(17)19(23-24)16-9-6-7-11-21-16/h6-7,9,11H,4-5,8,10,12-14H2,1-3H3,(H,22,25). The van der Waals surface area contributed by atoms with Crippen LogP contribution < -0.4 is 5.32 Å². The number of amides is 1. The van der Waals surface area contributed by atoms with Gasteiger partial charge >= 0.3 is 0 Å². The number of rotatable bonds is 5. The largest absolute Gasteiger partial charge is 0.354 e. The third kappa shape index (κ3) is 4.47. The highest BCUT2D eigenvalue weighted by molar-refractivity contribution is 5.76. The maximum atomic E-state index is 12.0. The SMILES string of the molecule is CC(C)(C)CC(=O)NCCn1nc(-c2ccccn2)c2c1CCCC2. The van der Waals surface area contributed by atoms with Crippen LogP contribution in [-0.2, 0) is 24.2 Å². The van der Waals surface area contributed by atoms with Crippen molar-refractivity contribution in [3.05, 3.63) is 35.7 Å². The van der Waals surface area contributed by atoms with E-state index in [0.29, 0.717) is 19.5 Å². The fraction of sp³-hybridized carbons (Fsp3) is 0.550. The van der Waals surface area contributed by atoms with Gasteiger partial charge in [0, 0.05) is 30.4 Å². The van der Waals surface area contributed by atoms with Gasteiger partial charge in [-0.15, -0.1) is 0 Å². The lowest BCUT2D eigenvalue weighted by Crippen LogP contribution is -2.30. The van der Waals surface area contributed by atoms with E-state index in [1.807, 2.05) is 24.4 Å². The third-order valence-corrected chi connectivity index (χ3v) is 4.50. The fourth-order valence-corrected chi connectivity index (χ4v) is 3.41. The molecule has 2 aromatic rings. The van der Waals surface area contributed by atoms with Crippen LogP contribution in [0.15, 0.2) is 24.4 Å². The van der Waals surface area contributed by atoms with E-state index in [1.165, 1.54) is 24.1 Å². The number of hydrogen-bond donors (Lipinski definition) is 1. The predicted molar refractivity (Wildman–Crippen MR) is 99.2 cm³/mol. The number of nitrogens with zero attached hydrogens (tertiary/aromatic N) is 3. The van der Waals surface area contributed by atoms with Gasteiger partial charge in [-0.25, -0.2) is 0 Å². The van der Waals surface area contributed by atoms with E-state index in [9.17, 15) is 4.79 Å². The first-order chi connectivity index (χ1) is 11.9. The smallest absolute Gasteiger partial charge is 0.220 e. The monoisotopic (exact) mass is 340 g/mol. The third-order valence-electron chi connectivity index (χ3n) is 4.50. The van der Waals surface area contributed by atoms with Gasteiger partial charge in [-0.05, 0) is 43.2 Å². The molecule has 1 aliphatic rings. The maximum absolute atomic E-state index is 12.0. The van der Waals surface area contributed by atoms with Crippen molar-refractivity contribution in [2.45, 2.75) is 59.4 Å². The summed E-state index contributed by atoms with van der Waals surface area (Å²) in [6, 6.07) is 5.95. The van der Waals surface area contributed by atoms with Gasteiger partial charge < -0.3 is 5.32 Å². The molecular weight excluding hydrogens is 312 g/mol. The molecule has 0 atom stereocenters. The van der Waals surface area contributed by atoms with Crippen molar-refractivity contribution in [2.24, 2.45) is 5.41 Å². The Balaban J connectivity index is 1.72. The summed E-state index contributed by atoms with van der Waals surface area (Å²) in [5.41, 5.74) is 4.62. The highest BCUT2D eigenvalue weighted by atomic mass is 16.1. The molecule has 0 aromatic carbocycles. The summed E-state index contributed by atoms with van der Waals surface area (Å²) >= 11 is 0. The van der Waals surface area contributed by atoms with E-state index in [1.54, 1.807) is 0 Å². The summed E-state index contributed by atoms with van der Waals surface area (Å²) < 4.78 is 2.08. The number of hydrogen-bond acceptors (Lipinski definition) is 3. The second kappa shape index (κ2) is 7.38. The molecule has 0 saturated heterocycles. The van der Waals surface area contributed by atoms with Crippen LogP contribution >= 0.6 is 0 Å². The van der Waals surface area contributed by atoms with Crippen molar-refractivity contribution in [3.63, 3.8) is 0 Å². The molecule has 0 aliphatic heterocycles. The van der Waals surface area contributed by atoms with E-state index in [4.69, 9.17) is 5.10 Å². The first-order valence-electron chi connectivity index (χ1n) is 9.21. The van der Waals surface area contributed by atoms with Gasteiger partial charge in [-0.2, -0.15) is 5.10 Å². The van der Waals surface area contributed by atoms with Crippen LogP contribution in [0.1, 0.15) is 51.3 Å². The Morgan fingerprint density at radius 3 is 2.76 bits per heavy atom. The van der Waals surface area contributed by atoms with Crippen LogP contribution in [0.5, 0.6) is 0 Å². The lowest BCUT2D eigenvalue weighted by Gasteiger charge is -2.18. The molecule has 0 fully saturated rings. The fourth-order valence-electron chi connectivity index (χ4n) is 3.41. The average Bonchev–Trinajstić information content (AvgIpc) is 2.93. The average molecular weight is 340 g/mol. The summed E-state index contributed by atoms with van der Waals surface area (Å²) in [4.78, 5) is 16.5. The molecule has 5 nitrogen and oxygen atoms in total. The van der Waals surface area contributed by atoms with E-state index >= 15 is 0 Å². The topological polar surface area (TPSA) is 59.8 Å². The second-order valence-electron chi connectivity index (χ2n) is 8.01. The lowest BCUT2D eigenvalue weighted by atomic mass is 9.92. The molecule has 0 radical (unpaired) electrons. The van der Waals surface area contributed by atoms with Crippen molar-refractivity contribution >= 4 is 5.91 Å². The summed E-state index contributed by atoms with van der Waals surface area (Å²) in [6.45, 7) is 7.57. The zero-order chi connectivity index (χ0) is 17.9. The van der Waals surface area contributed by atoms with Gasteiger partial charge in [-0.3, -0.25) is 14.5 Å². The number of pyridine rings is 1. The molecule has 2 heterocycles. The molecule has 0 saturated carbocycles. The van der Waals surface area contributed by atoms with E-state index in [2.05, 4.69) is 35.8 Å². The van der Waals surface area contributed by atoms with Crippen LogP contribution in [0.25, 0.3) is 11.4 Å². The molecule has 5 heteroatoms. The van der Waals surface area contributed by atoms with Crippen molar-refractivity contribution < 1.29 is 4.79 Å². The van der Waals surface area contributed by atoms with E-state index in [0.717, 1.165) is 24.2 Å². The minimum Gasteiger partial charge on any atom is -0.354 e. The second-order valence-corrected chi connectivity index (χ2v) is 8.01. The maximum Gasteiger partial charge on any atom is 0.220 e. The summed E-state index contributed by atoms with van der Waals surface area (Å²) in [7, 11) is 0. The zero-order valence-corrected chi connectivity index (χ0v) is 15.5. The quantitative estimate of drug-likeness (QED) is 0.908. The molecule has 3 rings (SSSR count). The van der Waals surface area contributed by atoms with Crippen LogP contribution in [0.4, 0.5) is 0 Å². The van der Waals surface area contributed by atoms with E-state index in [-0.39, 0.29) is 11.3 Å². The highest BCUT2D eigenvalue weighted by Crippen LogP contribution is 2.30. The highest BCUT2D eigenvalue weighted by Gasteiger charge is 2.22. The Morgan fingerprint density at radius 2 is 2.04 bits per heavy atom. The number of nitrogens with one attached hydrogen (secondary N) is 1. The Bertz CT molecular complexity index is 728. The van der Waals surface area contributed by atoms with Gasteiger partial charge in [0.25, 0.3) is 0 Å². The number of carbonyl (C=O) groups excluding carboxylic acids is 1. The predicted octanol–water partition coefficient (Wildman–Crippen LogP) is 3.38. The Hall–Kier alpha value is -2.17. The first kappa shape index (κ1) is 17.6. The molecule has 134 valence electrons. The van der Waals surface area contributed by atoms with Crippen molar-refractivity contribution in [1.82, 2.24) is 20.1 Å². The van der Waals surface area contributed by atoms with Crippen LogP contribution in [0.3, 0.4) is 0 Å². The minimum absolute atomic E-state index is 0.0150. The van der Waals surface area contributed by atoms with Gasteiger partial charge in [0.1, 0.15) is 5.69 Å².